The number of benzene rings is 1. The van der Waals surface area contributed by atoms with Crippen LogP contribution in [0.2, 0.25) is 0 Å². The van der Waals surface area contributed by atoms with E-state index in [1.54, 1.807) is 12.1 Å². The van der Waals surface area contributed by atoms with Crippen molar-refractivity contribution < 1.29 is 13.6 Å². The molecule has 16 heavy (non-hydrogen) atoms. The number of nitrogens with zero attached hydrogens (tertiary/aromatic N) is 2. The zero-order valence-corrected chi connectivity index (χ0v) is 8.08. The maximum Gasteiger partial charge on any atom is 0.165 e. The summed E-state index contributed by atoms with van der Waals surface area (Å²) in [4.78, 5) is 11.4. The van der Waals surface area contributed by atoms with Crippen molar-refractivity contribution in [3.8, 4) is 12.1 Å². The van der Waals surface area contributed by atoms with Gasteiger partial charge in [-0.3, -0.25) is 4.79 Å². The number of carbonyl (C=O) groups is 1. The van der Waals surface area contributed by atoms with Crippen LogP contribution in [-0.4, -0.2) is 5.78 Å². The normalized spacial score (nSPS) is 9.56. The van der Waals surface area contributed by atoms with Crippen LogP contribution in [0, 0.1) is 40.2 Å². The quantitative estimate of drug-likeness (QED) is 0.733. The third-order valence-corrected chi connectivity index (χ3v) is 1.94. The lowest BCUT2D eigenvalue weighted by Gasteiger charge is -2.01. The van der Waals surface area contributed by atoms with Crippen LogP contribution < -0.4 is 0 Å². The van der Waals surface area contributed by atoms with Crippen molar-refractivity contribution in [1.29, 1.82) is 10.5 Å². The lowest BCUT2D eigenvalue weighted by molar-refractivity contribution is 0.0976. The van der Waals surface area contributed by atoms with Gasteiger partial charge in [0.15, 0.2) is 17.4 Å². The lowest BCUT2D eigenvalue weighted by Crippen LogP contribution is -2.06. The van der Waals surface area contributed by atoms with Gasteiger partial charge in [0, 0.05) is 12.0 Å². The van der Waals surface area contributed by atoms with Gasteiger partial charge in [0.1, 0.15) is 5.92 Å². The molecule has 0 aromatic heterocycles. The van der Waals surface area contributed by atoms with Crippen LogP contribution in [0.3, 0.4) is 0 Å². The molecule has 0 N–H and O–H groups in total. The van der Waals surface area contributed by atoms with Crippen molar-refractivity contribution in [2.75, 3.05) is 0 Å². The molecule has 1 aromatic rings. The average Bonchev–Trinajstić information content (AvgIpc) is 2.29. The van der Waals surface area contributed by atoms with E-state index in [0.717, 1.165) is 18.2 Å². The van der Waals surface area contributed by atoms with Crippen molar-refractivity contribution in [3.05, 3.63) is 35.4 Å². The molecule has 0 amide bonds. The number of hydrogen-bond acceptors (Lipinski definition) is 3. The smallest absolute Gasteiger partial charge is 0.165 e. The van der Waals surface area contributed by atoms with Gasteiger partial charge in [0.2, 0.25) is 0 Å². The highest BCUT2D eigenvalue weighted by Gasteiger charge is 2.15. The number of carbonyl (C=O) groups excluding carboxylic acids is 1. The van der Waals surface area contributed by atoms with Gasteiger partial charge in [-0.1, -0.05) is 0 Å². The molecule has 3 nitrogen and oxygen atoms in total. The Hall–Kier alpha value is -2.27. The number of halogens is 2. The summed E-state index contributed by atoms with van der Waals surface area (Å²) in [6.07, 6.45) is -0.321. The molecule has 80 valence electrons. The van der Waals surface area contributed by atoms with E-state index >= 15 is 0 Å². The third kappa shape index (κ3) is 2.61. The fraction of sp³-hybridized carbons (Fsp3) is 0.182. The number of nitriles is 2. The monoisotopic (exact) mass is 220 g/mol. The van der Waals surface area contributed by atoms with Gasteiger partial charge in [0.05, 0.1) is 12.1 Å². The fourth-order valence-electron chi connectivity index (χ4n) is 1.09. The molecule has 0 spiro atoms. The first-order valence-electron chi connectivity index (χ1n) is 4.36. The van der Waals surface area contributed by atoms with Crippen LogP contribution in [0.5, 0.6) is 0 Å². The Kier molecular flexibility index (Phi) is 3.68. The van der Waals surface area contributed by atoms with Gasteiger partial charge in [-0.05, 0) is 18.2 Å². The first kappa shape index (κ1) is 11.8. The van der Waals surface area contributed by atoms with Gasteiger partial charge in [0.25, 0.3) is 0 Å². The standard InChI is InChI=1S/C11H6F2N2O/c12-9-2-1-8(4-10(9)13)11(16)3-7(5-14)6-15/h1-2,4,7H,3H2. The van der Waals surface area contributed by atoms with Crippen LogP contribution in [0.4, 0.5) is 8.78 Å². The Morgan fingerprint density at radius 1 is 1.25 bits per heavy atom. The van der Waals surface area contributed by atoms with E-state index in [1.165, 1.54) is 0 Å². The summed E-state index contributed by atoms with van der Waals surface area (Å²) in [5.74, 6) is -3.81. The van der Waals surface area contributed by atoms with Gasteiger partial charge >= 0.3 is 0 Å². The van der Waals surface area contributed by atoms with Crippen LogP contribution in [0.15, 0.2) is 18.2 Å². The molecular weight excluding hydrogens is 214 g/mol. The summed E-state index contributed by atoms with van der Waals surface area (Å²) in [6.45, 7) is 0. The molecule has 0 atom stereocenters. The fourth-order valence-corrected chi connectivity index (χ4v) is 1.09. The molecule has 1 rings (SSSR count). The van der Waals surface area contributed by atoms with Crippen molar-refractivity contribution in [3.63, 3.8) is 0 Å². The molecule has 0 aliphatic carbocycles. The molecule has 0 bridgehead atoms. The molecule has 0 unspecified atom stereocenters. The van der Waals surface area contributed by atoms with E-state index in [2.05, 4.69) is 0 Å². The summed E-state index contributed by atoms with van der Waals surface area (Å²) >= 11 is 0. The second kappa shape index (κ2) is 4.99. The minimum absolute atomic E-state index is 0.0469. The van der Waals surface area contributed by atoms with Crippen LogP contribution >= 0.6 is 0 Å². The molecule has 0 heterocycles. The maximum absolute atomic E-state index is 12.8. The predicted octanol–water partition coefficient (Wildman–Crippen LogP) is 2.20. The van der Waals surface area contributed by atoms with Crippen molar-refractivity contribution in [1.82, 2.24) is 0 Å². The number of ketones is 1. The number of Topliss-reactive ketones (excluding diaryl/α,β-unsaturated/α-hetero) is 1. The molecule has 0 saturated carbocycles. The Bertz CT molecular complexity index is 486. The second-order valence-corrected chi connectivity index (χ2v) is 3.07. The minimum atomic E-state index is -1.13. The SMILES string of the molecule is N#CC(C#N)CC(=O)c1ccc(F)c(F)c1. The van der Waals surface area contributed by atoms with Crippen molar-refractivity contribution in [2.24, 2.45) is 5.92 Å². The molecule has 5 heteroatoms. The molecule has 0 aliphatic rings. The van der Waals surface area contributed by atoms with E-state index in [0.29, 0.717) is 0 Å². The third-order valence-electron chi connectivity index (χ3n) is 1.94. The van der Waals surface area contributed by atoms with Crippen LogP contribution in [0.25, 0.3) is 0 Å². The van der Waals surface area contributed by atoms with Crippen LogP contribution in [-0.2, 0) is 0 Å². The van der Waals surface area contributed by atoms with E-state index < -0.39 is 23.3 Å². The van der Waals surface area contributed by atoms with Gasteiger partial charge in [-0.15, -0.1) is 0 Å². The van der Waals surface area contributed by atoms with E-state index in [1.807, 2.05) is 0 Å². The molecular formula is C11H6F2N2O. The second-order valence-electron chi connectivity index (χ2n) is 3.07. The molecule has 1 aromatic carbocycles. The largest absolute Gasteiger partial charge is 0.294 e. The number of rotatable bonds is 3. The lowest BCUT2D eigenvalue weighted by atomic mass is 10.0. The first-order chi connectivity index (χ1) is 7.58. The summed E-state index contributed by atoms with van der Waals surface area (Å²) < 4.78 is 25.3. The minimum Gasteiger partial charge on any atom is -0.294 e. The van der Waals surface area contributed by atoms with E-state index in [-0.39, 0.29) is 12.0 Å². The van der Waals surface area contributed by atoms with Gasteiger partial charge in [-0.25, -0.2) is 8.78 Å². The van der Waals surface area contributed by atoms with Gasteiger partial charge < -0.3 is 0 Å². The molecule has 0 aliphatic heterocycles. The van der Waals surface area contributed by atoms with Gasteiger partial charge in [-0.2, -0.15) is 10.5 Å². The summed E-state index contributed by atoms with van der Waals surface area (Å²) in [5, 5.41) is 16.9. The molecule has 0 radical (unpaired) electrons. The van der Waals surface area contributed by atoms with Crippen molar-refractivity contribution >= 4 is 5.78 Å². The highest BCUT2D eigenvalue weighted by molar-refractivity contribution is 5.96. The van der Waals surface area contributed by atoms with E-state index in [9.17, 15) is 13.6 Å². The Balaban J connectivity index is 2.87. The highest BCUT2D eigenvalue weighted by Crippen LogP contribution is 2.13. The molecule has 0 fully saturated rings. The maximum atomic E-state index is 12.8. The van der Waals surface area contributed by atoms with E-state index in [4.69, 9.17) is 10.5 Å². The zero-order valence-electron chi connectivity index (χ0n) is 8.08. The average molecular weight is 220 g/mol. The first-order valence-corrected chi connectivity index (χ1v) is 4.36. The topological polar surface area (TPSA) is 64.7 Å². The zero-order chi connectivity index (χ0) is 12.1. The number of hydrogen-bond donors (Lipinski definition) is 0. The molecule has 0 saturated heterocycles. The summed E-state index contributed by atoms with van der Waals surface area (Å²) in [5.41, 5.74) is -0.0469. The highest BCUT2D eigenvalue weighted by atomic mass is 19.2. The Morgan fingerprint density at radius 3 is 2.38 bits per heavy atom. The van der Waals surface area contributed by atoms with Crippen molar-refractivity contribution in [2.45, 2.75) is 6.42 Å². The summed E-state index contributed by atoms with van der Waals surface area (Å²) in [7, 11) is 0. The Morgan fingerprint density at radius 2 is 1.88 bits per heavy atom. The summed E-state index contributed by atoms with van der Waals surface area (Å²) in [6, 6.07) is 5.96. The van der Waals surface area contributed by atoms with Crippen LogP contribution in [0.1, 0.15) is 16.8 Å². The Labute approximate surface area is 90.5 Å². The predicted molar refractivity (Wildman–Crippen MR) is 50.0 cm³/mol.